The third-order valence-corrected chi connectivity index (χ3v) is 0.706. The van der Waals surface area contributed by atoms with Crippen molar-refractivity contribution in [2.24, 2.45) is 5.73 Å². The Kier molecular flexibility index (Phi) is 1.70. The predicted molar refractivity (Wildman–Crippen MR) is 26.3 cm³/mol. The number of nitrogens with two attached hydrogens (primary N) is 1. The Hall–Kier alpha value is -0.900. The monoisotopic (exact) mass is 117 g/mol. The van der Waals surface area contributed by atoms with Gasteiger partial charge in [0, 0.05) is 0 Å². The summed E-state index contributed by atoms with van der Waals surface area (Å²) in [6.07, 6.45) is 0.190. The van der Waals surface area contributed by atoms with E-state index in [4.69, 9.17) is 10.8 Å². The molecule has 0 aromatic carbocycles. The Labute approximate surface area is 46.3 Å². The van der Waals surface area contributed by atoms with E-state index in [-0.39, 0.29) is 6.29 Å². The molecule has 46 valence electrons. The lowest BCUT2D eigenvalue weighted by atomic mass is 10.1. The van der Waals surface area contributed by atoms with Gasteiger partial charge in [-0.3, -0.25) is 0 Å². The van der Waals surface area contributed by atoms with Crippen LogP contribution in [0.25, 0.3) is 0 Å². The van der Waals surface area contributed by atoms with Crippen LogP contribution in [0.1, 0.15) is 6.92 Å². The molecule has 0 aliphatic rings. The number of carbonyl (C=O) groups excluding carboxylic acids is 1. The van der Waals surface area contributed by atoms with Crippen molar-refractivity contribution in [1.29, 1.82) is 0 Å². The zero-order valence-corrected chi connectivity index (χ0v) is 4.42. The molecule has 4 nitrogen and oxygen atoms in total. The molecule has 0 amide bonds. The second-order valence-electron chi connectivity index (χ2n) is 1.71. The molecule has 0 rings (SSSR count). The van der Waals surface area contributed by atoms with E-state index in [9.17, 15) is 9.59 Å². The third kappa shape index (κ3) is 1.31. The highest BCUT2D eigenvalue weighted by atomic mass is 16.4. The molecule has 0 aromatic heterocycles. The third-order valence-electron chi connectivity index (χ3n) is 0.706. The maximum absolute atomic E-state index is 9.90. The number of carboxylic acid groups (broad SMARTS) is 1. The van der Waals surface area contributed by atoms with Crippen molar-refractivity contribution in [3.05, 3.63) is 0 Å². The molecular formula is C4H7NO3. The summed E-state index contributed by atoms with van der Waals surface area (Å²) in [5, 5.41) is 8.08. The first-order valence-corrected chi connectivity index (χ1v) is 1.99. The fourth-order valence-electron chi connectivity index (χ4n) is 0.0504. The molecule has 3 N–H and O–H groups in total. The van der Waals surface area contributed by atoms with Gasteiger partial charge < -0.3 is 15.6 Å². The summed E-state index contributed by atoms with van der Waals surface area (Å²) in [7, 11) is 0. The quantitative estimate of drug-likeness (QED) is 0.358. The van der Waals surface area contributed by atoms with Crippen molar-refractivity contribution in [1.82, 2.24) is 0 Å². The lowest BCUT2D eigenvalue weighted by molar-refractivity contribution is -0.144. The fourth-order valence-corrected chi connectivity index (χ4v) is 0.0504. The SMILES string of the molecule is C[C@@](N)(C=O)C(=O)O. The van der Waals surface area contributed by atoms with Gasteiger partial charge in [0.15, 0.2) is 11.8 Å². The average molecular weight is 117 g/mol. The van der Waals surface area contributed by atoms with E-state index in [1.165, 1.54) is 0 Å². The maximum Gasteiger partial charge on any atom is 0.330 e. The van der Waals surface area contributed by atoms with E-state index in [2.05, 4.69) is 0 Å². The van der Waals surface area contributed by atoms with Crippen LogP contribution in [0, 0.1) is 0 Å². The van der Waals surface area contributed by atoms with Crippen molar-refractivity contribution in [2.45, 2.75) is 12.5 Å². The maximum atomic E-state index is 9.90. The summed E-state index contributed by atoms with van der Waals surface area (Å²) < 4.78 is 0. The number of hydrogen-bond acceptors (Lipinski definition) is 3. The summed E-state index contributed by atoms with van der Waals surface area (Å²) in [6.45, 7) is 1.13. The van der Waals surface area contributed by atoms with E-state index < -0.39 is 11.5 Å². The number of hydrogen-bond donors (Lipinski definition) is 2. The van der Waals surface area contributed by atoms with Crippen molar-refractivity contribution in [2.75, 3.05) is 0 Å². The standard InChI is InChI=1S/C4H7NO3/c1-4(5,2-6)3(7)8/h2H,5H2,1H3,(H,7,8)/t4-/m1/s1. The molecule has 0 fully saturated rings. The van der Waals surface area contributed by atoms with Crippen molar-refractivity contribution >= 4 is 12.3 Å². The van der Waals surface area contributed by atoms with E-state index in [0.29, 0.717) is 0 Å². The molecule has 0 radical (unpaired) electrons. The van der Waals surface area contributed by atoms with Crippen LogP contribution in [0.4, 0.5) is 0 Å². The van der Waals surface area contributed by atoms with Gasteiger partial charge in [-0.2, -0.15) is 0 Å². The zero-order chi connectivity index (χ0) is 6.78. The van der Waals surface area contributed by atoms with Gasteiger partial charge in [-0.1, -0.05) is 0 Å². The number of carboxylic acids is 1. The van der Waals surface area contributed by atoms with Gasteiger partial charge >= 0.3 is 5.97 Å². The van der Waals surface area contributed by atoms with Crippen LogP contribution in [0.3, 0.4) is 0 Å². The van der Waals surface area contributed by atoms with Crippen LogP contribution in [0.5, 0.6) is 0 Å². The van der Waals surface area contributed by atoms with Crippen LogP contribution in [0.2, 0.25) is 0 Å². The Morgan fingerprint density at radius 3 is 2.25 bits per heavy atom. The molecule has 1 atom stereocenters. The van der Waals surface area contributed by atoms with E-state index in [1.807, 2.05) is 0 Å². The van der Waals surface area contributed by atoms with Crippen LogP contribution in [0.15, 0.2) is 0 Å². The largest absolute Gasteiger partial charge is 0.480 e. The zero-order valence-electron chi connectivity index (χ0n) is 4.42. The smallest absolute Gasteiger partial charge is 0.330 e. The molecule has 0 heterocycles. The van der Waals surface area contributed by atoms with Gasteiger partial charge in [0.2, 0.25) is 0 Å². The Morgan fingerprint density at radius 2 is 2.25 bits per heavy atom. The van der Waals surface area contributed by atoms with Crippen LogP contribution in [-0.4, -0.2) is 22.9 Å². The molecule has 8 heavy (non-hydrogen) atoms. The van der Waals surface area contributed by atoms with Gasteiger partial charge in [0.05, 0.1) is 0 Å². The molecule has 0 unspecified atom stereocenters. The number of aldehydes is 1. The second-order valence-corrected chi connectivity index (χ2v) is 1.71. The van der Waals surface area contributed by atoms with Gasteiger partial charge in [0.25, 0.3) is 0 Å². The first kappa shape index (κ1) is 7.10. The van der Waals surface area contributed by atoms with Gasteiger partial charge in [-0.05, 0) is 6.92 Å². The summed E-state index contributed by atoms with van der Waals surface area (Å²) in [5.41, 5.74) is 3.17. The minimum Gasteiger partial charge on any atom is -0.480 e. The Balaban J connectivity index is 4.12. The first-order valence-electron chi connectivity index (χ1n) is 1.99. The Morgan fingerprint density at radius 1 is 1.88 bits per heavy atom. The Bertz CT molecular complexity index is 118. The molecule has 0 aliphatic carbocycles. The van der Waals surface area contributed by atoms with Crippen molar-refractivity contribution < 1.29 is 14.7 Å². The lowest BCUT2D eigenvalue weighted by Crippen LogP contribution is -2.46. The number of aliphatic carboxylic acids is 1. The summed E-state index contributed by atoms with van der Waals surface area (Å²) in [6, 6.07) is 0. The topological polar surface area (TPSA) is 80.4 Å². The van der Waals surface area contributed by atoms with E-state index in [1.54, 1.807) is 0 Å². The van der Waals surface area contributed by atoms with Crippen LogP contribution >= 0.6 is 0 Å². The van der Waals surface area contributed by atoms with Gasteiger partial charge in [-0.25, -0.2) is 4.79 Å². The minimum atomic E-state index is -1.72. The average Bonchev–Trinajstić information content (AvgIpc) is 1.67. The molecular weight excluding hydrogens is 110 g/mol. The molecule has 0 saturated carbocycles. The second kappa shape index (κ2) is 1.92. The van der Waals surface area contributed by atoms with Gasteiger partial charge in [0.1, 0.15) is 0 Å². The molecule has 0 saturated heterocycles. The molecule has 0 spiro atoms. The molecule has 0 aliphatic heterocycles. The van der Waals surface area contributed by atoms with Crippen LogP contribution < -0.4 is 5.73 Å². The van der Waals surface area contributed by atoms with Gasteiger partial charge in [-0.15, -0.1) is 0 Å². The molecule has 0 aromatic rings. The van der Waals surface area contributed by atoms with E-state index in [0.717, 1.165) is 6.92 Å². The predicted octanol–water partition coefficient (Wildman–Crippen LogP) is -1.01. The highest BCUT2D eigenvalue weighted by molar-refractivity contribution is 5.95. The molecule has 4 heteroatoms. The summed E-state index contributed by atoms with van der Waals surface area (Å²) in [5.74, 6) is -1.31. The van der Waals surface area contributed by atoms with E-state index >= 15 is 0 Å². The lowest BCUT2D eigenvalue weighted by Gasteiger charge is -2.07. The number of rotatable bonds is 2. The summed E-state index contributed by atoms with van der Waals surface area (Å²) >= 11 is 0. The fraction of sp³-hybridized carbons (Fsp3) is 0.500. The minimum absolute atomic E-state index is 0.190. The highest BCUT2D eigenvalue weighted by Gasteiger charge is 2.26. The van der Waals surface area contributed by atoms with Crippen molar-refractivity contribution in [3.63, 3.8) is 0 Å². The highest BCUT2D eigenvalue weighted by Crippen LogP contribution is 1.90. The first-order chi connectivity index (χ1) is 3.50. The normalized spacial score (nSPS) is 16.8. The summed E-state index contributed by atoms with van der Waals surface area (Å²) in [4.78, 5) is 19.7. The molecule has 0 bridgehead atoms. The number of carbonyl (C=O) groups is 2. The van der Waals surface area contributed by atoms with Crippen molar-refractivity contribution in [3.8, 4) is 0 Å². The van der Waals surface area contributed by atoms with Crippen LogP contribution in [-0.2, 0) is 9.59 Å².